The average Bonchev–Trinajstić information content (AvgIpc) is 3.18. The van der Waals surface area contributed by atoms with Crippen LogP contribution < -0.4 is 0 Å². The molecule has 1 amide bonds. The van der Waals surface area contributed by atoms with Crippen LogP contribution in [0.2, 0.25) is 0 Å². The lowest BCUT2D eigenvalue weighted by Gasteiger charge is -2.17. The van der Waals surface area contributed by atoms with Gasteiger partial charge in [-0.25, -0.2) is 4.79 Å². The maximum Gasteiger partial charge on any atom is 0.433 e. The molecule has 0 aromatic carbocycles. The SMILES string of the molecule is O=C1O[C@H](CN2CCCC2)CN1/N=C\c1ccc([N+](=O)[O-])o1. The summed E-state index contributed by atoms with van der Waals surface area (Å²) in [7, 11) is 0. The van der Waals surface area contributed by atoms with Crippen molar-refractivity contribution in [3.05, 3.63) is 28.0 Å². The number of furan rings is 1. The number of hydrogen-bond donors (Lipinski definition) is 0. The maximum absolute atomic E-state index is 11.7. The fourth-order valence-electron chi connectivity index (χ4n) is 2.59. The highest BCUT2D eigenvalue weighted by Crippen LogP contribution is 2.17. The van der Waals surface area contributed by atoms with Crippen LogP contribution in [-0.2, 0) is 4.74 Å². The Morgan fingerprint density at radius 2 is 2.18 bits per heavy atom. The van der Waals surface area contributed by atoms with Crippen molar-refractivity contribution in [2.75, 3.05) is 26.2 Å². The first-order valence-electron chi connectivity index (χ1n) is 7.10. The highest BCUT2D eigenvalue weighted by atomic mass is 16.6. The monoisotopic (exact) mass is 308 g/mol. The molecule has 2 aliphatic rings. The molecule has 9 heteroatoms. The van der Waals surface area contributed by atoms with E-state index in [9.17, 15) is 14.9 Å². The van der Waals surface area contributed by atoms with E-state index in [-0.39, 0.29) is 17.7 Å². The standard InChI is InChI=1S/C13H16N4O5/c18-13-16(9-11(22-13)8-15-5-1-2-6-15)14-7-10-3-4-12(21-10)17(19)20/h3-4,7,11H,1-2,5-6,8-9H2/b14-7-/t11-/m1/s1. The van der Waals surface area contributed by atoms with Crippen molar-refractivity contribution in [1.29, 1.82) is 0 Å². The maximum atomic E-state index is 11.7. The van der Waals surface area contributed by atoms with Crippen LogP contribution in [-0.4, -0.2) is 59.4 Å². The summed E-state index contributed by atoms with van der Waals surface area (Å²) in [4.78, 5) is 23.9. The molecule has 2 fully saturated rings. The Hall–Kier alpha value is -2.42. The minimum atomic E-state index is -0.631. The molecule has 22 heavy (non-hydrogen) atoms. The first kappa shape index (κ1) is 14.5. The van der Waals surface area contributed by atoms with Crippen LogP contribution in [0.1, 0.15) is 18.6 Å². The van der Waals surface area contributed by atoms with Gasteiger partial charge < -0.3 is 9.15 Å². The molecule has 0 unspecified atom stereocenters. The third-order valence-electron chi connectivity index (χ3n) is 3.63. The summed E-state index contributed by atoms with van der Waals surface area (Å²) in [5.74, 6) is -0.153. The van der Waals surface area contributed by atoms with Crippen molar-refractivity contribution in [2.24, 2.45) is 5.10 Å². The Balaban J connectivity index is 1.56. The molecule has 9 nitrogen and oxygen atoms in total. The van der Waals surface area contributed by atoms with Crippen LogP contribution in [0.25, 0.3) is 0 Å². The van der Waals surface area contributed by atoms with Gasteiger partial charge in [0.05, 0.1) is 18.8 Å². The van der Waals surface area contributed by atoms with Crippen LogP contribution >= 0.6 is 0 Å². The predicted octanol–water partition coefficient (Wildman–Crippen LogP) is 1.44. The number of carbonyl (C=O) groups excluding carboxylic acids is 1. The Bertz CT molecular complexity index is 593. The van der Waals surface area contributed by atoms with Crippen molar-refractivity contribution in [3.63, 3.8) is 0 Å². The number of cyclic esters (lactones) is 1. The van der Waals surface area contributed by atoms with Crippen LogP contribution in [0, 0.1) is 10.1 Å². The topological polar surface area (TPSA) is 101 Å². The van der Waals surface area contributed by atoms with Gasteiger partial charge in [-0.2, -0.15) is 10.1 Å². The summed E-state index contributed by atoms with van der Waals surface area (Å²) in [6, 6.07) is 2.66. The molecule has 3 rings (SSSR count). The zero-order chi connectivity index (χ0) is 15.5. The van der Waals surface area contributed by atoms with Gasteiger partial charge in [-0.05, 0) is 32.0 Å². The van der Waals surface area contributed by atoms with E-state index in [1.165, 1.54) is 36.2 Å². The molecule has 118 valence electrons. The highest BCUT2D eigenvalue weighted by molar-refractivity contribution is 5.78. The lowest BCUT2D eigenvalue weighted by Crippen LogP contribution is -2.32. The molecule has 0 spiro atoms. The van der Waals surface area contributed by atoms with Gasteiger partial charge in [-0.15, -0.1) is 0 Å². The van der Waals surface area contributed by atoms with E-state index in [2.05, 4.69) is 10.0 Å². The number of nitro groups is 1. The molecule has 0 N–H and O–H groups in total. The van der Waals surface area contributed by atoms with Gasteiger partial charge >= 0.3 is 12.0 Å². The third-order valence-corrected chi connectivity index (χ3v) is 3.63. The van der Waals surface area contributed by atoms with Gasteiger partial charge in [0.2, 0.25) is 0 Å². The molecule has 1 aromatic heterocycles. The third kappa shape index (κ3) is 3.25. The normalized spacial score (nSPS) is 22.6. The zero-order valence-corrected chi connectivity index (χ0v) is 11.9. The number of nitrogens with zero attached hydrogens (tertiary/aromatic N) is 4. The van der Waals surface area contributed by atoms with Crippen molar-refractivity contribution in [2.45, 2.75) is 18.9 Å². The summed E-state index contributed by atoms with van der Waals surface area (Å²) >= 11 is 0. The van der Waals surface area contributed by atoms with E-state index >= 15 is 0 Å². The number of amides is 1. The largest absolute Gasteiger partial charge is 0.441 e. The van der Waals surface area contributed by atoms with Crippen molar-refractivity contribution < 1.29 is 18.9 Å². The van der Waals surface area contributed by atoms with Crippen molar-refractivity contribution in [1.82, 2.24) is 9.91 Å². The quantitative estimate of drug-likeness (QED) is 0.463. The minimum absolute atomic E-state index is 0.200. The van der Waals surface area contributed by atoms with E-state index in [4.69, 9.17) is 9.15 Å². The lowest BCUT2D eigenvalue weighted by molar-refractivity contribution is -0.402. The summed E-state index contributed by atoms with van der Waals surface area (Å²) in [5, 5.41) is 15.7. The molecule has 3 heterocycles. The smallest absolute Gasteiger partial charge is 0.433 e. The molecular weight excluding hydrogens is 292 g/mol. The fraction of sp³-hybridized carbons (Fsp3) is 0.538. The summed E-state index contributed by atoms with van der Waals surface area (Å²) in [6.07, 6.45) is 2.92. The Labute approximate surface area is 126 Å². The molecule has 0 bridgehead atoms. The second kappa shape index (κ2) is 6.14. The molecule has 2 saturated heterocycles. The second-order valence-electron chi connectivity index (χ2n) is 5.27. The molecule has 0 radical (unpaired) electrons. The van der Waals surface area contributed by atoms with Crippen LogP contribution in [0.15, 0.2) is 21.7 Å². The number of likely N-dealkylation sites (tertiary alicyclic amines) is 1. The molecule has 2 aliphatic heterocycles. The van der Waals surface area contributed by atoms with Gasteiger partial charge in [0.25, 0.3) is 0 Å². The number of hydrogen-bond acceptors (Lipinski definition) is 7. The van der Waals surface area contributed by atoms with Gasteiger partial charge in [0.15, 0.2) is 5.76 Å². The lowest BCUT2D eigenvalue weighted by atomic mass is 10.3. The molecular formula is C13H16N4O5. The summed E-state index contributed by atoms with van der Waals surface area (Å²) < 4.78 is 10.2. The zero-order valence-electron chi connectivity index (χ0n) is 11.9. The van der Waals surface area contributed by atoms with Crippen molar-refractivity contribution >= 4 is 18.2 Å². The predicted molar refractivity (Wildman–Crippen MR) is 75.6 cm³/mol. The van der Waals surface area contributed by atoms with E-state index in [1.807, 2.05) is 0 Å². The highest BCUT2D eigenvalue weighted by Gasteiger charge is 2.32. The van der Waals surface area contributed by atoms with Crippen LogP contribution in [0.4, 0.5) is 10.7 Å². The molecule has 0 saturated carbocycles. The minimum Gasteiger partial charge on any atom is -0.441 e. The van der Waals surface area contributed by atoms with Crippen LogP contribution in [0.5, 0.6) is 0 Å². The number of rotatable bonds is 5. The average molecular weight is 308 g/mol. The fourth-order valence-corrected chi connectivity index (χ4v) is 2.59. The molecule has 0 aliphatic carbocycles. The van der Waals surface area contributed by atoms with E-state index < -0.39 is 11.0 Å². The van der Waals surface area contributed by atoms with Crippen LogP contribution in [0.3, 0.4) is 0 Å². The summed E-state index contributed by atoms with van der Waals surface area (Å²) in [5.41, 5.74) is 0. The van der Waals surface area contributed by atoms with Gasteiger partial charge in [-0.3, -0.25) is 15.0 Å². The number of carbonyl (C=O) groups is 1. The van der Waals surface area contributed by atoms with Gasteiger partial charge in [-0.1, -0.05) is 0 Å². The van der Waals surface area contributed by atoms with E-state index in [0.717, 1.165) is 13.1 Å². The first-order chi connectivity index (χ1) is 10.6. The molecule has 1 aromatic rings. The Morgan fingerprint density at radius 3 is 2.86 bits per heavy atom. The first-order valence-corrected chi connectivity index (χ1v) is 7.10. The van der Waals surface area contributed by atoms with E-state index in [1.54, 1.807) is 0 Å². The van der Waals surface area contributed by atoms with E-state index in [0.29, 0.717) is 13.1 Å². The Morgan fingerprint density at radius 1 is 1.41 bits per heavy atom. The van der Waals surface area contributed by atoms with Gasteiger partial charge in [0.1, 0.15) is 11.0 Å². The summed E-state index contributed by atoms with van der Waals surface area (Å²) in [6.45, 7) is 3.15. The van der Waals surface area contributed by atoms with Crippen molar-refractivity contribution in [3.8, 4) is 0 Å². The second-order valence-corrected chi connectivity index (χ2v) is 5.27. The van der Waals surface area contributed by atoms with Gasteiger partial charge in [0, 0.05) is 6.54 Å². The number of ether oxygens (including phenoxy) is 1. The number of hydrazone groups is 1. The molecule has 1 atom stereocenters. The Kier molecular flexibility index (Phi) is 4.05.